The third-order valence-corrected chi connectivity index (χ3v) is 17.4. The second kappa shape index (κ2) is 41.7. The zero-order valence-electron chi connectivity index (χ0n) is 55.1. The Kier molecular flexibility index (Phi) is 32.5. The van der Waals surface area contributed by atoms with Gasteiger partial charge >= 0.3 is 23.9 Å². The maximum absolute atomic E-state index is 15.3. The number of aryl methyl sites for hydroxylation is 2. The third-order valence-electron chi connectivity index (χ3n) is 17.4. The predicted molar refractivity (Wildman–Crippen MR) is 369 cm³/mol. The first-order chi connectivity index (χ1) is 45.1. The molecule has 8 nitrogen and oxygen atoms in total. The van der Waals surface area contributed by atoms with Crippen molar-refractivity contribution in [1.82, 2.24) is 0 Å². The number of hydrogen-bond acceptors (Lipinski definition) is 8. The van der Waals surface area contributed by atoms with Crippen molar-refractivity contribution in [1.29, 1.82) is 0 Å². The number of unbranched alkanes of at least 4 members (excludes halogenated alkanes) is 30. The molecule has 0 heterocycles. The summed E-state index contributed by atoms with van der Waals surface area (Å²) in [4.78, 5) is 52.5. The van der Waals surface area contributed by atoms with E-state index in [1.165, 1.54) is 265 Å². The Morgan fingerprint density at radius 2 is 0.522 bits per heavy atom. The number of hydrogen-bond donors (Lipinski definition) is 0. The van der Waals surface area contributed by atoms with Gasteiger partial charge in [0.15, 0.2) is 23.1 Å². The third kappa shape index (κ3) is 26.1. The van der Waals surface area contributed by atoms with Gasteiger partial charge in [-0.3, -0.25) is 0 Å². The quantitative estimate of drug-likeness (QED) is 0.0211. The van der Waals surface area contributed by atoms with E-state index in [4.69, 9.17) is 18.9 Å². The number of carbonyl (C=O) groups excluding carboxylic acids is 4. The highest BCUT2D eigenvalue weighted by Gasteiger charge is 2.20. The fourth-order valence-electron chi connectivity index (χ4n) is 11.8. The molecule has 0 spiro atoms. The molecule has 0 saturated heterocycles. The molecule has 10 heteroatoms. The average molecular weight is 1250 g/mol. The van der Waals surface area contributed by atoms with E-state index in [1.54, 1.807) is 24.3 Å². The minimum absolute atomic E-state index is 0.0311. The van der Waals surface area contributed by atoms with Crippen molar-refractivity contribution in [2.75, 3.05) is 0 Å². The lowest BCUT2D eigenvalue weighted by atomic mass is 10.00. The van der Waals surface area contributed by atoms with Gasteiger partial charge in [-0.15, -0.1) is 0 Å². The molecule has 0 radical (unpaired) electrons. The summed E-state index contributed by atoms with van der Waals surface area (Å²) in [5.41, 5.74) is 6.62. The molecule has 0 amide bonds. The van der Waals surface area contributed by atoms with Crippen LogP contribution in [0.4, 0.5) is 8.78 Å². The summed E-state index contributed by atoms with van der Waals surface area (Å²) >= 11 is 0. The van der Waals surface area contributed by atoms with Crippen molar-refractivity contribution in [3.05, 3.63) is 203 Å². The SMILES string of the molecule is CCCCCCCCCCCCCCCCCCc1ccc(-c2ccc(C(=O)Oc3ccc(C(=O)Oc4cccc(OC(=O)c5ccc(OC(=O)c6ccc(-c7ccc(CCCCCCCCCCCCCCCCCC)cc7)cc6)c(F)c5)c4)cc3F)cc2)cc1. The highest BCUT2D eigenvalue weighted by atomic mass is 19.1. The Labute approximate surface area is 548 Å². The summed E-state index contributed by atoms with van der Waals surface area (Å²) in [5, 5.41) is 0. The van der Waals surface area contributed by atoms with Crippen LogP contribution in [-0.4, -0.2) is 23.9 Å². The van der Waals surface area contributed by atoms with Gasteiger partial charge in [-0.25, -0.2) is 28.0 Å². The first kappa shape index (κ1) is 71.7. The van der Waals surface area contributed by atoms with Crippen LogP contribution in [0.25, 0.3) is 22.3 Å². The summed E-state index contributed by atoms with van der Waals surface area (Å²) in [7, 11) is 0. The molecule has 0 atom stereocenters. The van der Waals surface area contributed by atoms with Crippen LogP contribution in [0.5, 0.6) is 23.0 Å². The molecule has 490 valence electrons. The van der Waals surface area contributed by atoms with Crippen LogP contribution in [-0.2, 0) is 12.8 Å². The maximum atomic E-state index is 15.3. The minimum Gasteiger partial charge on any atom is -0.423 e. The highest BCUT2D eigenvalue weighted by molar-refractivity contribution is 5.94. The summed E-state index contributed by atoms with van der Waals surface area (Å²) < 4.78 is 52.3. The lowest BCUT2D eigenvalue weighted by Gasteiger charge is -2.10. The molecule has 0 aromatic heterocycles. The Hall–Kier alpha value is -7.72. The Morgan fingerprint density at radius 1 is 0.272 bits per heavy atom. The lowest BCUT2D eigenvalue weighted by molar-refractivity contribution is 0.0716. The number of carbonyl (C=O) groups is 4. The molecule has 7 aromatic rings. The summed E-state index contributed by atoms with van der Waals surface area (Å²) in [5.74, 6) is -6.12. The molecule has 0 aliphatic rings. The van der Waals surface area contributed by atoms with Crippen LogP contribution in [0.1, 0.15) is 272 Å². The average Bonchev–Trinajstić information content (AvgIpc) is 3.00. The van der Waals surface area contributed by atoms with Gasteiger partial charge in [0.1, 0.15) is 11.5 Å². The largest absolute Gasteiger partial charge is 0.423 e. The Morgan fingerprint density at radius 3 is 0.804 bits per heavy atom. The van der Waals surface area contributed by atoms with Gasteiger partial charge in [0.25, 0.3) is 0 Å². The van der Waals surface area contributed by atoms with Crippen molar-refractivity contribution in [3.8, 4) is 45.3 Å². The van der Waals surface area contributed by atoms with Crippen molar-refractivity contribution in [2.45, 2.75) is 232 Å². The van der Waals surface area contributed by atoms with Crippen LogP contribution in [0.3, 0.4) is 0 Å². The van der Waals surface area contributed by atoms with Crippen molar-refractivity contribution >= 4 is 23.9 Å². The molecule has 0 N–H and O–H groups in total. The molecule has 0 fully saturated rings. The van der Waals surface area contributed by atoms with Crippen molar-refractivity contribution in [3.63, 3.8) is 0 Å². The number of rotatable bonds is 44. The van der Waals surface area contributed by atoms with Crippen molar-refractivity contribution < 1.29 is 46.9 Å². The molecule has 0 bridgehead atoms. The second-order valence-corrected chi connectivity index (χ2v) is 25.0. The van der Waals surface area contributed by atoms with E-state index < -0.39 is 35.5 Å². The molecule has 7 aromatic carbocycles. The van der Waals surface area contributed by atoms with Crippen LogP contribution < -0.4 is 18.9 Å². The topological polar surface area (TPSA) is 105 Å². The van der Waals surface area contributed by atoms with Gasteiger partial charge in [-0.1, -0.05) is 285 Å². The van der Waals surface area contributed by atoms with E-state index in [0.717, 1.165) is 47.2 Å². The monoisotopic (exact) mass is 1250 g/mol. The minimum atomic E-state index is -0.958. The van der Waals surface area contributed by atoms with Gasteiger partial charge in [0, 0.05) is 6.07 Å². The van der Waals surface area contributed by atoms with Crippen molar-refractivity contribution in [2.24, 2.45) is 0 Å². The summed E-state index contributed by atoms with van der Waals surface area (Å²) in [6, 6.07) is 43.1. The standard InChI is InChI=1S/C82H100F2O8/c1-3-5-7-9-11-13-15-17-19-21-23-25-27-29-31-33-36-63-40-44-65(45-41-63)67-48-52-69(53-49-67)79(85)91-77-58-56-71(60-75(77)83)81(87)89-73-38-35-39-74(62-73)90-82(88)72-57-59-78(76(84)61-72)92-80(86)70-54-50-68(51-55-70)66-46-42-64(43-47-66)37-34-32-30-28-26-24-22-20-18-16-14-12-10-8-6-4-2/h35,38-62H,3-34,36-37H2,1-2H3. The Bertz CT molecular complexity index is 3060. The van der Waals surface area contributed by atoms with E-state index in [1.807, 2.05) is 24.3 Å². The highest BCUT2D eigenvalue weighted by Crippen LogP contribution is 2.29. The fourth-order valence-corrected chi connectivity index (χ4v) is 11.8. The van der Waals surface area contributed by atoms with E-state index in [9.17, 15) is 19.2 Å². The van der Waals surface area contributed by atoms with Crippen LogP contribution >= 0.6 is 0 Å². The van der Waals surface area contributed by atoms with Crippen LogP contribution in [0, 0.1) is 11.6 Å². The van der Waals surface area contributed by atoms with E-state index in [0.29, 0.717) is 0 Å². The molecular weight excluding hydrogens is 1150 g/mol. The molecule has 0 unspecified atom stereocenters. The predicted octanol–water partition coefficient (Wildman–Crippen LogP) is 23.8. The smallest absolute Gasteiger partial charge is 0.343 e. The summed E-state index contributed by atoms with van der Waals surface area (Å²) in [6.45, 7) is 4.55. The molecular formula is C82H100F2O8. The molecule has 0 aliphatic heterocycles. The number of ether oxygens (including phenoxy) is 4. The maximum Gasteiger partial charge on any atom is 0.343 e. The zero-order chi connectivity index (χ0) is 64.8. The van der Waals surface area contributed by atoms with Crippen LogP contribution in [0.15, 0.2) is 158 Å². The van der Waals surface area contributed by atoms with E-state index >= 15 is 8.78 Å². The Balaban J connectivity index is 0.762. The molecule has 92 heavy (non-hydrogen) atoms. The lowest BCUT2D eigenvalue weighted by Crippen LogP contribution is -2.12. The van der Waals surface area contributed by atoms with E-state index in [-0.39, 0.29) is 45.3 Å². The first-order valence-corrected chi connectivity index (χ1v) is 35.0. The fraction of sp³-hybridized carbons (Fsp3) is 0.439. The van der Waals surface area contributed by atoms with E-state index in [2.05, 4.69) is 62.4 Å². The van der Waals surface area contributed by atoms with Gasteiger partial charge in [0.2, 0.25) is 0 Å². The van der Waals surface area contributed by atoms with Gasteiger partial charge in [0.05, 0.1) is 22.3 Å². The van der Waals surface area contributed by atoms with Crippen LogP contribution in [0.2, 0.25) is 0 Å². The molecule has 7 rings (SSSR count). The number of esters is 4. The normalized spacial score (nSPS) is 11.2. The number of benzene rings is 7. The van der Waals surface area contributed by atoms with Gasteiger partial charge in [-0.2, -0.15) is 0 Å². The molecule has 0 saturated carbocycles. The zero-order valence-corrected chi connectivity index (χ0v) is 55.1. The first-order valence-electron chi connectivity index (χ1n) is 35.0. The number of halogens is 2. The van der Waals surface area contributed by atoms with Gasteiger partial charge in [-0.05, 0) is 132 Å². The summed E-state index contributed by atoms with van der Waals surface area (Å²) in [6.07, 6.45) is 45.4. The van der Waals surface area contributed by atoms with Gasteiger partial charge < -0.3 is 18.9 Å². The second-order valence-electron chi connectivity index (χ2n) is 25.0. The molecule has 0 aliphatic carbocycles.